The fraction of sp³-hybridized carbons (Fsp3) is 0.419. The molecule has 0 bridgehead atoms. The molecule has 1 aliphatic carbocycles. The highest BCUT2D eigenvalue weighted by Crippen LogP contribution is 2.45. The van der Waals surface area contributed by atoms with Gasteiger partial charge in [0, 0.05) is 22.5 Å². The van der Waals surface area contributed by atoms with Crippen LogP contribution in [0.3, 0.4) is 0 Å². The van der Waals surface area contributed by atoms with Crippen molar-refractivity contribution < 1.29 is 24.2 Å². The molecule has 9 nitrogen and oxygen atoms in total. The number of allylic oxidation sites excluding steroid dienone is 1. The van der Waals surface area contributed by atoms with Crippen LogP contribution in [0.5, 0.6) is 5.19 Å². The molecule has 0 unspecified atom stereocenters. The summed E-state index contributed by atoms with van der Waals surface area (Å²) in [4.78, 5) is 46.4. The molecule has 1 saturated heterocycles. The second kappa shape index (κ2) is 12.0. The zero-order valence-corrected chi connectivity index (χ0v) is 25.4. The number of para-hydroxylation sites is 1. The monoisotopic (exact) mass is 652 g/mol. The zero-order chi connectivity index (χ0) is 29.3. The Balaban J connectivity index is 1.28. The van der Waals surface area contributed by atoms with Gasteiger partial charge in [0.05, 0.1) is 16.8 Å². The number of hydrogen-bond donors (Lipinski definition) is 3. The second-order valence-electron chi connectivity index (χ2n) is 11.3. The molecule has 3 N–H and O–H groups in total. The van der Waals surface area contributed by atoms with Crippen LogP contribution in [0.4, 0.5) is 5.69 Å². The van der Waals surface area contributed by atoms with Crippen LogP contribution < -0.4 is 15.4 Å². The van der Waals surface area contributed by atoms with Crippen molar-refractivity contribution in [1.29, 1.82) is 0 Å². The van der Waals surface area contributed by atoms with E-state index in [1.165, 1.54) is 11.3 Å². The molecular weight excluding hydrogens is 620 g/mol. The number of nitrogens with zero attached hydrogens (tertiary/aromatic N) is 2. The summed E-state index contributed by atoms with van der Waals surface area (Å²) in [7, 11) is 0. The van der Waals surface area contributed by atoms with Crippen LogP contribution in [-0.4, -0.2) is 63.0 Å². The van der Waals surface area contributed by atoms with Gasteiger partial charge in [-0.15, -0.1) is 0 Å². The molecule has 220 valence electrons. The molecule has 2 amide bonds. The summed E-state index contributed by atoms with van der Waals surface area (Å²) >= 11 is 4.89. The first-order chi connectivity index (χ1) is 20.3. The molecule has 5 atom stereocenters. The van der Waals surface area contributed by atoms with E-state index in [9.17, 15) is 19.5 Å². The highest BCUT2D eigenvalue weighted by molar-refractivity contribution is 9.10. The number of aromatic nitrogens is 1. The molecule has 2 aliphatic heterocycles. The lowest BCUT2D eigenvalue weighted by molar-refractivity contribution is -0.145. The van der Waals surface area contributed by atoms with Gasteiger partial charge >= 0.3 is 5.97 Å². The van der Waals surface area contributed by atoms with Crippen LogP contribution in [0.25, 0.3) is 10.2 Å². The number of carboxylic acids is 1. The number of thiazole rings is 1. The first kappa shape index (κ1) is 28.7. The third kappa shape index (κ3) is 6.03. The molecule has 3 aliphatic rings. The van der Waals surface area contributed by atoms with E-state index < -0.39 is 35.6 Å². The predicted octanol–water partition coefficient (Wildman–Crippen LogP) is 5.37. The number of anilines is 1. The van der Waals surface area contributed by atoms with Crippen molar-refractivity contribution in [2.45, 2.75) is 68.7 Å². The average Bonchev–Trinajstić information content (AvgIpc) is 3.29. The van der Waals surface area contributed by atoms with E-state index >= 15 is 0 Å². The Morgan fingerprint density at radius 2 is 2.00 bits per heavy atom. The number of rotatable bonds is 5. The van der Waals surface area contributed by atoms with Gasteiger partial charge in [-0.3, -0.25) is 9.59 Å². The van der Waals surface area contributed by atoms with Crippen LogP contribution in [-0.2, 0) is 14.4 Å². The zero-order valence-electron chi connectivity index (χ0n) is 23.0. The SMILES string of the molecule is O=C1N[C@]2(C(=O)O)C[C@@H]2/C=C\CCCCC[C@H](Nc2ccccc2)C(=O)N2C[C@H](Oc3nc4ccc(Br)cc4s3)C[C@@H]12. The summed E-state index contributed by atoms with van der Waals surface area (Å²) in [5, 5.41) is 16.8. The number of nitrogens with one attached hydrogen (secondary N) is 2. The fourth-order valence-electron chi connectivity index (χ4n) is 5.95. The lowest BCUT2D eigenvalue weighted by atomic mass is 10.0. The quantitative estimate of drug-likeness (QED) is 0.317. The van der Waals surface area contributed by atoms with Gasteiger partial charge in [-0.25, -0.2) is 9.78 Å². The third-order valence-corrected chi connectivity index (χ3v) is 9.74. The molecule has 3 aromatic rings. The second-order valence-corrected chi connectivity index (χ2v) is 13.2. The Morgan fingerprint density at radius 3 is 2.81 bits per heavy atom. The number of carbonyl (C=O) groups excluding carboxylic acids is 2. The van der Waals surface area contributed by atoms with Gasteiger partial charge in [-0.1, -0.05) is 70.5 Å². The molecule has 3 heterocycles. The largest absolute Gasteiger partial charge is 0.479 e. The van der Waals surface area contributed by atoms with Crippen LogP contribution >= 0.6 is 27.3 Å². The molecule has 0 spiro atoms. The predicted molar refractivity (Wildman–Crippen MR) is 165 cm³/mol. The van der Waals surface area contributed by atoms with E-state index in [4.69, 9.17) is 4.74 Å². The fourth-order valence-corrected chi connectivity index (χ4v) is 7.39. The van der Waals surface area contributed by atoms with E-state index in [0.717, 1.165) is 46.1 Å². The molecule has 1 aromatic heterocycles. The van der Waals surface area contributed by atoms with E-state index in [-0.39, 0.29) is 24.8 Å². The Labute approximate surface area is 256 Å². The van der Waals surface area contributed by atoms with Crippen molar-refractivity contribution in [3.8, 4) is 5.19 Å². The summed E-state index contributed by atoms with van der Waals surface area (Å²) in [6.07, 6.45) is 8.23. The highest BCUT2D eigenvalue weighted by Gasteiger charge is 2.61. The van der Waals surface area contributed by atoms with Gasteiger partial charge in [-0.05, 0) is 56.0 Å². The van der Waals surface area contributed by atoms with Crippen molar-refractivity contribution in [2.24, 2.45) is 5.92 Å². The highest BCUT2D eigenvalue weighted by atomic mass is 79.9. The minimum Gasteiger partial charge on any atom is -0.479 e. The van der Waals surface area contributed by atoms with E-state index in [1.54, 1.807) is 4.90 Å². The van der Waals surface area contributed by atoms with Crippen LogP contribution in [0.2, 0.25) is 0 Å². The number of carbonyl (C=O) groups is 3. The minimum absolute atomic E-state index is 0.192. The third-order valence-electron chi connectivity index (χ3n) is 8.33. The van der Waals surface area contributed by atoms with Crippen LogP contribution in [0.1, 0.15) is 44.9 Å². The van der Waals surface area contributed by atoms with Crippen molar-refractivity contribution in [1.82, 2.24) is 15.2 Å². The number of ether oxygens (including phenoxy) is 1. The van der Waals surface area contributed by atoms with Crippen molar-refractivity contribution in [3.63, 3.8) is 0 Å². The van der Waals surface area contributed by atoms with Gasteiger partial charge in [0.1, 0.15) is 23.7 Å². The number of amides is 2. The van der Waals surface area contributed by atoms with Crippen LogP contribution in [0, 0.1) is 5.92 Å². The maximum atomic E-state index is 14.2. The molecule has 6 rings (SSSR count). The lowest BCUT2D eigenvalue weighted by Gasteiger charge is -2.30. The minimum atomic E-state index is -1.34. The van der Waals surface area contributed by atoms with E-state index in [0.29, 0.717) is 18.0 Å². The van der Waals surface area contributed by atoms with Crippen LogP contribution in [0.15, 0.2) is 65.2 Å². The maximum Gasteiger partial charge on any atom is 0.330 e. The Morgan fingerprint density at radius 1 is 1.17 bits per heavy atom. The summed E-state index contributed by atoms with van der Waals surface area (Å²) < 4.78 is 8.18. The molecule has 1 saturated carbocycles. The number of aliphatic carboxylic acids is 1. The van der Waals surface area contributed by atoms with Gasteiger partial charge in [-0.2, -0.15) is 0 Å². The first-order valence-electron chi connectivity index (χ1n) is 14.4. The number of hydrogen-bond acceptors (Lipinski definition) is 7. The van der Waals surface area contributed by atoms with E-state index in [2.05, 4.69) is 31.5 Å². The Bertz CT molecular complexity index is 1510. The van der Waals surface area contributed by atoms with Gasteiger partial charge in [0.2, 0.25) is 11.8 Å². The van der Waals surface area contributed by atoms with Crippen molar-refractivity contribution in [3.05, 3.63) is 65.2 Å². The summed E-state index contributed by atoms with van der Waals surface area (Å²) in [6.45, 7) is 0.201. The van der Waals surface area contributed by atoms with Gasteiger partial charge in [0.15, 0.2) is 0 Å². The van der Waals surface area contributed by atoms with Gasteiger partial charge < -0.3 is 25.4 Å². The summed E-state index contributed by atoms with van der Waals surface area (Å²) in [6, 6.07) is 14.0. The summed E-state index contributed by atoms with van der Waals surface area (Å²) in [5.41, 5.74) is 0.294. The van der Waals surface area contributed by atoms with Crippen molar-refractivity contribution >= 4 is 61.0 Å². The smallest absolute Gasteiger partial charge is 0.330 e. The number of fused-ring (bicyclic) bond motifs is 3. The number of benzene rings is 2. The van der Waals surface area contributed by atoms with Crippen molar-refractivity contribution in [2.75, 3.05) is 11.9 Å². The molecule has 0 radical (unpaired) electrons. The topological polar surface area (TPSA) is 121 Å². The Hall–Kier alpha value is -3.44. The molecule has 11 heteroatoms. The molecule has 42 heavy (non-hydrogen) atoms. The number of carboxylic acid groups (broad SMARTS) is 1. The normalized spacial score (nSPS) is 29.0. The summed E-state index contributed by atoms with van der Waals surface area (Å²) in [5.74, 6) is -1.98. The van der Waals surface area contributed by atoms with E-state index in [1.807, 2.05) is 60.7 Å². The Kier molecular flexibility index (Phi) is 8.22. The maximum absolute atomic E-state index is 14.2. The standard InChI is InChI=1S/C31H33BrN4O5S/c32-20-13-14-23-26(15-20)42-30(34-23)41-22-16-25-27(37)35-31(29(39)40)17-19(31)9-5-2-1-3-8-12-24(28(38)36(25)18-22)33-21-10-6-4-7-11-21/h4-7,9-11,13-15,19,22,24-25,33H,1-3,8,12,16-18H2,(H,35,37)(H,39,40)/b9-5-/t19-,22+,24-,25-,31+/m0/s1. The average molecular weight is 654 g/mol. The van der Waals surface area contributed by atoms with Gasteiger partial charge in [0.25, 0.3) is 5.19 Å². The first-order valence-corrected chi connectivity index (χ1v) is 16.0. The molecule has 2 aromatic carbocycles. The molecular formula is C31H33BrN4O5S. The number of halogens is 1. The molecule has 2 fully saturated rings. The lowest BCUT2D eigenvalue weighted by Crippen LogP contribution is -2.55.